The molecule has 0 aromatic rings. The summed E-state index contributed by atoms with van der Waals surface area (Å²) in [6.07, 6.45) is -7.65. The summed E-state index contributed by atoms with van der Waals surface area (Å²) in [6, 6.07) is 0. The zero-order valence-corrected chi connectivity index (χ0v) is 9.34. The molecule has 8 N–H and O–H groups in total. The molecule has 5 atom stereocenters. The highest BCUT2D eigenvalue weighted by Crippen LogP contribution is 2.41. The van der Waals surface area contributed by atoms with Crippen LogP contribution in [0.5, 0.6) is 0 Å². The summed E-state index contributed by atoms with van der Waals surface area (Å²) >= 11 is 0. The molecule has 0 amide bonds. The Morgan fingerprint density at radius 3 is 2.24 bits per heavy atom. The molecule has 10 nitrogen and oxygen atoms in total. The number of nitrogens with two attached hydrogens (primary N) is 1. The first kappa shape index (κ1) is 14.9. The Kier molecular flexibility index (Phi) is 4.27. The smallest absolute Gasteiger partial charge is 0.392 e. The van der Waals surface area contributed by atoms with Crippen LogP contribution in [0.25, 0.3) is 0 Å². The van der Waals surface area contributed by atoms with Gasteiger partial charge in [0.05, 0.1) is 6.61 Å². The number of hydrogen-bond donors (Lipinski definition) is 7. The molecule has 102 valence electrons. The van der Waals surface area contributed by atoms with Crippen LogP contribution in [-0.4, -0.2) is 67.1 Å². The standard InChI is InChI=1S/C6H14NO9P/c7-6(1-8)4(11)2(9)3(10)5(15-6)16-17(12,13)14/h2-5,8-11H,1,7H2,(H2,12,13,14)/t2-,3-,4+,5+,6-/m1/s1. The molecule has 1 aliphatic rings. The quantitative estimate of drug-likeness (QED) is 0.252. The Hall–Kier alpha value is -0.130. The van der Waals surface area contributed by atoms with Gasteiger partial charge in [0.2, 0.25) is 0 Å². The molecule has 0 saturated carbocycles. The second kappa shape index (κ2) is 4.86. The number of aliphatic hydroxyl groups excluding tert-OH is 4. The number of rotatable bonds is 3. The Labute approximate surface area is 95.4 Å². The second-order valence-electron chi connectivity index (χ2n) is 3.62. The van der Waals surface area contributed by atoms with Crippen LogP contribution >= 0.6 is 7.82 Å². The van der Waals surface area contributed by atoms with Crippen LogP contribution in [0.4, 0.5) is 0 Å². The van der Waals surface area contributed by atoms with E-state index in [0.29, 0.717) is 0 Å². The van der Waals surface area contributed by atoms with Crippen molar-refractivity contribution >= 4 is 7.82 Å². The zero-order chi connectivity index (χ0) is 13.4. The minimum atomic E-state index is -5.00. The van der Waals surface area contributed by atoms with Crippen molar-refractivity contribution in [3.63, 3.8) is 0 Å². The van der Waals surface area contributed by atoms with Crippen LogP contribution < -0.4 is 5.73 Å². The molecule has 1 aliphatic heterocycles. The number of aliphatic hydroxyl groups is 4. The Morgan fingerprint density at radius 2 is 1.82 bits per heavy atom. The molecule has 1 rings (SSSR count). The van der Waals surface area contributed by atoms with Gasteiger partial charge < -0.3 is 34.9 Å². The topological polar surface area (TPSA) is 183 Å². The molecule has 1 fully saturated rings. The summed E-state index contributed by atoms with van der Waals surface area (Å²) in [5.41, 5.74) is 3.14. The summed E-state index contributed by atoms with van der Waals surface area (Å²) in [5, 5.41) is 37.0. The summed E-state index contributed by atoms with van der Waals surface area (Å²) in [5.74, 6) is 0. The third-order valence-corrected chi connectivity index (χ3v) is 2.76. The predicted molar refractivity (Wildman–Crippen MR) is 50.0 cm³/mol. The highest BCUT2D eigenvalue weighted by Gasteiger charge is 2.53. The van der Waals surface area contributed by atoms with Gasteiger partial charge in [-0.1, -0.05) is 0 Å². The van der Waals surface area contributed by atoms with Gasteiger partial charge in [0.1, 0.15) is 18.3 Å². The molecule has 0 spiro atoms. The van der Waals surface area contributed by atoms with Gasteiger partial charge in [-0.3, -0.25) is 10.3 Å². The summed E-state index contributed by atoms with van der Waals surface area (Å²) < 4.78 is 19.3. The Balaban J connectivity index is 2.90. The van der Waals surface area contributed by atoms with Gasteiger partial charge in [-0.05, 0) is 0 Å². The first-order valence-corrected chi connectivity index (χ1v) is 5.99. The van der Waals surface area contributed by atoms with Crippen molar-refractivity contribution in [1.82, 2.24) is 0 Å². The first-order valence-electron chi connectivity index (χ1n) is 4.46. The lowest BCUT2D eigenvalue weighted by molar-refractivity contribution is -0.320. The van der Waals surface area contributed by atoms with Crippen molar-refractivity contribution in [1.29, 1.82) is 0 Å². The maximum Gasteiger partial charge on any atom is 0.472 e. The van der Waals surface area contributed by atoms with Crippen molar-refractivity contribution in [2.24, 2.45) is 5.73 Å². The van der Waals surface area contributed by atoms with E-state index in [1.165, 1.54) is 0 Å². The lowest BCUT2D eigenvalue weighted by Crippen LogP contribution is -2.70. The van der Waals surface area contributed by atoms with E-state index in [1.807, 2.05) is 0 Å². The summed E-state index contributed by atoms with van der Waals surface area (Å²) in [4.78, 5) is 17.1. The highest BCUT2D eigenvalue weighted by molar-refractivity contribution is 7.46. The lowest BCUT2D eigenvalue weighted by Gasteiger charge is -2.45. The normalized spacial score (nSPS) is 43.7. The van der Waals surface area contributed by atoms with Gasteiger partial charge in [-0.2, -0.15) is 0 Å². The van der Waals surface area contributed by atoms with Crippen molar-refractivity contribution in [3.8, 4) is 0 Å². The molecule has 11 heteroatoms. The van der Waals surface area contributed by atoms with Crippen LogP contribution in [0, 0.1) is 0 Å². The van der Waals surface area contributed by atoms with Crippen molar-refractivity contribution < 1.29 is 44.0 Å². The summed E-state index contributed by atoms with van der Waals surface area (Å²) in [6.45, 7) is -0.959. The number of ether oxygens (including phenoxy) is 1. The molecular formula is C6H14NO9P. The van der Waals surface area contributed by atoms with Gasteiger partial charge in [0.25, 0.3) is 0 Å². The molecule has 1 heterocycles. The average Bonchev–Trinajstić information content (AvgIpc) is 2.21. The molecular weight excluding hydrogens is 261 g/mol. The average molecular weight is 275 g/mol. The van der Waals surface area contributed by atoms with Crippen LogP contribution in [0.3, 0.4) is 0 Å². The van der Waals surface area contributed by atoms with Crippen LogP contribution in [0.1, 0.15) is 0 Å². The van der Waals surface area contributed by atoms with Crippen LogP contribution in [0.2, 0.25) is 0 Å². The molecule has 0 aromatic carbocycles. The predicted octanol–water partition coefficient (Wildman–Crippen LogP) is -3.82. The fraction of sp³-hybridized carbons (Fsp3) is 1.00. The third kappa shape index (κ3) is 3.20. The maximum absolute atomic E-state index is 10.6. The first-order chi connectivity index (χ1) is 7.60. The Bertz CT molecular complexity index is 321. The van der Waals surface area contributed by atoms with E-state index in [9.17, 15) is 19.9 Å². The van der Waals surface area contributed by atoms with E-state index in [-0.39, 0.29) is 0 Å². The number of hydrogen-bond acceptors (Lipinski definition) is 8. The van der Waals surface area contributed by atoms with Gasteiger partial charge in [0, 0.05) is 0 Å². The maximum atomic E-state index is 10.6. The van der Waals surface area contributed by atoms with Crippen LogP contribution in [-0.2, 0) is 13.8 Å². The highest BCUT2D eigenvalue weighted by atomic mass is 31.2. The molecule has 0 aromatic heterocycles. The van der Waals surface area contributed by atoms with Crippen molar-refractivity contribution in [2.45, 2.75) is 30.3 Å². The lowest BCUT2D eigenvalue weighted by atomic mass is 9.95. The molecule has 0 radical (unpaired) electrons. The number of phosphoric ester groups is 1. The zero-order valence-electron chi connectivity index (χ0n) is 8.45. The van der Waals surface area contributed by atoms with Gasteiger partial charge >= 0.3 is 7.82 Å². The van der Waals surface area contributed by atoms with E-state index in [2.05, 4.69) is 9.26 Å². The minimum absolute atomic E-state index is 0.959. The monoisotopic (exact) mass is 275 g/mol. The third-order valence-electron chi connectivity index (χ3n) is 2.28. The SMILES string of the molecule is N[C@]1(CO)O[C@@H](OP(=O)(O)O)[C@H](O)[C@@H](O)[C@@H]1O. The van der Waals surface area contributed by atoms with E-state index in [0.717, 1.165) is 0 Å². The van der Waals surface area contributed by atoms with Crippen molar-refractivity contribution in [3.05, 3.63) is 0 Å². The van der Waals surface area contributed by atoms with Crippen molar-refractivity contribution in [2.75, 3.05) is 6.61 Å². The molecule has 1 saturated heterocycles. The second-order valence-corrected chi connectivity index (χ2v) is 4.81. The fourth-order valence-corrected chi connectivity index (χ4v) is 1.78. The largest absolute Gasteiger partial charge is 0.472 e. The molecule has 0 unspecified atom stereocenters. The number of phosphoric acid groups is 1. The summed E-state index contributed by atoms with van der Waals surface area (Å²) in [7, 11) is -5.00. The van der Waals surface area contributed by atoms with Crippen LogP contribution in [0.15, 0.2) is 0 Å². The fourth-order valence-electron chi connectivity index (χ4n) is 1.34. The van der Waals surface area contributed by atoms with Gasteiger partial charge in [-0.15, -0.1) is 0 Å². The molecule has 17 heavy (non-hydrogen) atoms. The molecule has 0 bridgehead atoms. The van der Waals surface area contributed by atoms with Gasteiger partial charge in [0.15, 0.2) is 12.0 Å². The van der Waals surface area contributed by atoms with E-state index in [4.69, 9.17) is 20.6 Å². The van der Waals surface area contributed by atoms with E-state index >= 15 is 0 Å². The minimum Gasteiger partial charge on any atom is -0.392 e. The molecule has 0 aliphatic carbocycles. The van der Waals surface area contributed by atoms with E-state index < -0.39 is 44.8 Å². The van der Waals surface area contributed by atoms with Gasteiger partial charge in [-0.25, -0.2) is 4.57 Å². The van der Waals surface area contributed by atoms with E-state index in [1.54, 1.807) is 0 Å². The Morgan fingerprint density at radius 1 is 1.29 bits per heavy atom.